The smallest absolute Gasteiger partial charge is 0.335 e. The number of carboxylic acid groups (broad SMARTS) is 1. The van der Waals surface area contributed by atoms with Crippen molar-refractivity contribution >= 4 is 34.8 Å². The quantitative estimate of drug-likeness (QED) is 0.192. The van der Waals surface area contributed by atoms with E-state index in [4.69, 9.17) is 0 Å². The van der Waals surface area contributed by atoms with Crippen LogP contribution in [0.5, 0.6) is 0 Å². The zero-order valence-electron chi connectivity index (χ0n) is 17.8. The number of aliphatic hydroxyl groups excluding tert-OH is 1. The van der Waals surface area contributed by atoms with Gasteiger partial charge in [0.25, 0.3) is 17.4 Å². The van der Waals surface area contributed by atoms with Crippen molar-refractivity contribution in [2.45, 2.75) is 13.0 Å². The second-order valence-corrected chi connectivity index (χ2v) is 7.71. The number of para-hydroxylation sites is 1. The Bertz CT molecular complexity index is 1380. The SMILES string of the molecule is Cc1ccc(C(O)=C2C(=O)C(=O)N(c3cccc(C(=O)O)c3)[C@H]2c2ccccc2[N+](=O)[O-])cc1. The Labute approximate surface area is 193 Å². The maximum Gasteiger partial charge on any atom is 0.335 e. The maximum absolute atomic E-state index is 13.2. The number of aryl methyl sites for hydroxylation is 1. The van der Waals surface area contributed by atoms with Crippen molar-refractivity contribution in [2.24, 2.45) is 0 Å². The Balaban J connectivity index is 2.02. The summed E-state index contributed by atoms with van der Waals surface area (Å²) in [5.74, 6) is -3.82. The van der Waals surface area contributed by atoms with Gasteiger partial charge in [-0.15, -0.1) is 0 Å². The highest BCUT2D eigenvalue weighted by molar-refractivity contribution is 6.51. The van der Waals surface area contributed by atoms with E-state index in [1.807, 2.05) is 6.92 Å². The molecule has 4 rings (SSSR count). The van der Waals surface area contributed by atoms with Gasteiger partial charge in [0.1, 0.15) is 11.8 Å². The fourth-order valence-electron chi connectivity index (χ4n) is 3.93. The fraction of sp³-hybridized carbons (Fsp3) is 0.0800. The van der Waals surface area contributed by atoms with E-state index in [0.717, 1.165) is 10.5 Å². The van der Waals surface area contributed by atoms with E-state index in [2.05, 4.69) is 0 Å². The number of carboxylic acids is 1. The molecule has 9 heteroatoms. The summed E-state index contributed by atoms with van der Waals surface area (Å²) >= 11 is 0. The van der Waals surface area contributed by atoms with Gasteiger partial charge in [0.05, 0.1) is 21.6 Å². The number of nitro groups is 1. The van der Waals surface area contributed by atoms with Crippen molar-refractivity contribution in [3.05, 3.63) is 111 Å². The van der Waals surface area contributed by atoms with Crippen molar-refractivity contribution in [3.63, 3.8) is 0 Å². The van der Waals surface area contributed by atoms with Gasteiger partial charge >= 0.3 is 5.97 Å². The lowest BCUT2D eigenvalue weighted by Crippen LogP contribution is -2.30. The number of carbonyl (C=O) groups excluding carboxylic acids is 2. The summed E-state index contributed by atoms with van der Waals surface area (Å²) in [6, 6.07) is 16.1. The molecule has 34 heavy (non-hydrogen) atoms. The molecule has 0 radical (unpaired) electrons. The van der Waals surface area contributed by atoms with E-state index in [-0.39, 0.29) is 33.6 Å². The number of Topliss-reactive ketones (excluding diaryl/α,β-unsaturated/α-hetero) is 1. The van der Waals surface area contributed by atoms with Gasteiger partial charge in [-0.05, 0) is 31.2 Å². The van der Waals surface area contributed by atoms with Gasteiger partial charge in [-0.2, -0.15) is 0 Å². The van der Waals surface area contributed by atoms with Crippen LogP contribution in [0.2, 0.25) is 0 Å². The molecule has 1 saturated heterocycles. The zero-order chi connectivity index (χ0) is 24.6. The minimum Gasteiger partial charge on any atom is -0.507 e. The molecule has 3 aromatic rings. The lowest BCUT2D eigenvalue weighted by molar-refractivity contribution is -0.385. The van der Waals surface area contributed by atoms with E-state index < -0.39 is 34.4 Å². The van der Waals surface area contributed by atoms with Crippen LogP contribution in [-0.4, -0.2) is 32.8 Å². The highest BCUT2D eigenvalue weighted by Crippen LogP contribution is 2.44. The van der Waals surface area contributed by atoms with Gasteiger partial charge in [0.15, 0.2) is 0 Å². The molecule has 0 aromatic heterocycles. The predicted octanol–water partition coefficient (Wildman–Crippen LogP) is 4.23. The van der Waals surface area contributed by atoms with Gasteiger partial charge in [-0.1, -0.05) is 48.0 Å². The Morgan fingerprint density at radius 3 is 2.26 bits per heavy atom. The monoisotopic (exact) mass is 458 g/mol. The molecular weight excluding hydrogens is 440 g/mol. The number of nitro benzene ring substituents is 1. The zero-order valence-corrected chi connectivity index (χ0v) is 17.8. The number of benzene rings is 3. The molecule has 1 amide bonds. The van der Waals surface area contributed by atoms with Crippen LogP contribution >= 0.6 is 0 Å². The molecule has 1 aliphatic rings. The maximum atomic E-state index is 13.2. The number of aliphatic hydroxyl groups is 1. The molecule has 1 atom stereocenters. The molecule has 3 aromatic carbocycles. The topological polar surface area (TPSA) is 138 Å². The highest BCUT2D eigenvalue weighted by Gasteiger charge is 2.49. The highest BCUT2D eigenvalue weighted by atomic mass is 16.6. The summed E-state index contributed by atoms with van der Waals surface area (Å²) in [6.45, 7) is 1.84. The van der Waals surface area contributed by atoms with Gasteiger partial charge in [0.2, 0.25) is 0 Å². The fourth-order valence-corrected chi connectivity index (χ4v) is 3.93. The van der Waals surface area contributed by atoms with Gasteiger partial charge in [-0.3, -0.25) is 24.6 Å². The molecule has 1 heterocycles. The van der Waals surface area contributed by atoms with E-state index >= 15 is 0 Å². The molecule has 0 spiro atoms. The first kappa shape index (κ1) is 22.4. The van der Waals surface area contributed by atoms with Gasteiger partial charge in [-0.25, -0.2) is 4.79 Å². The van der Waals surface area contributed by atoms with Crippen LogP contribution in [-0.2, 0) is 9.59 Å². The molecular formula is C25H18N2O7. The summed E-state index contributed by atoms with van der Waals surface area (Å²) in [7, 11) is 0. The number of carbonyl (C=O) groups is 3. The standard InChI is InChI=1S/C25H18N2O7/c1-14-9-11-15(12-10-14)22(28)20-21(18-7-2-3-8-19(18)27(33)34)26(24(30)23(20)29)17-6-4-5-16(13-17)25(31)32/h2-13,21,28H,1H3,(H,31,32)/t21-/m0/s1. The van der Waals surface area contributed by atoms with E-state index in [0.29, 0.717) is 0 Å². The minimum absolute atomic E-state index is 0.00101. The summed E-state index contributed by atoms with van der Waals surface area (Å²) in [5, 5.41) is 32.2. The number of rotatable bonds is 5. The molecule has 0 saturated carbocycles. The summed E-state index contributed by atoms with van der Waals surface area (Å²) in [4.78, 5) is 49.9. The minimum atomic E-state index is -1.35. The van der Waals surface area contributed by atoms with Crippen molar-refractivity contribution < 1.29 is 29.5 Å². The van der Waals surface area contributed by atoms with Gasteiger partial charge in [0, 0.05) is 17.3 Å². The average Bonchev–Trinajstić information content (AvgIpc) is 3.09. The van der Waals surface area contributed by atoms with E-state index in [1.165, 1.54) is 48.5 Å². The number of hydrogen-bond acceptors (Lipinski definition) is 6. The molecule has 1 aliphatic heterocycles. The Hall–Kier alpha value is -4.79. The normalized spacial score (nSPS) is 17.1. The summed E-state index contributed by atoms with van der Waals surface area (Å²) in [5.41, 5.74) is 0.380. The first-order valence-corrected chi connectivity index (χ1v) is 10.2. The number of amides is 1. The summed E-state index contributed by atoms with van der Waals surface area (Å²) < 4.78 is 0. The number of anilines is 1. The average molecular weight is 458 g/mol. The molecule has 9 nitrogen and oxygen atoms in total. The van der Waals surface area contributed by atoms with Crippen LogP contribution in [0.3, 0.4) is 0 Å². The molecule has 1 fully saturated rings. The lowest BCUT2D eigenvalue weighted by atomic mass is 9.93. The first-order chi connectivity index (χ1) is 16.2. The number of hydrogen-bond donors (Lipinski definition) is 2. The van der Waals surface area contributed by atoms with Crippen LogP contribution in [0.15, 0.2) is 78.4 Å². The van der Waals surface area contributed by atoms with Crippen molar-refractivity contribution in [2.75, 3.05) is 4.90 Å². The molecule has 0 unspecified atom stereocenters. The van der Waals surface area contributed by atoms with Crippen LogP contribution in [0.4, 0.5) is 11.4 Å². The Kier molecular flexibility index (Phi) is 5.68. The van der Waals surface area contributed by atoms with Crippen molar-refractivity contribution in [1.29, 1.82) is 0 Å². The molecule has 0 bridgehead atoms. The Morgan fingerprint density at radius 2 is 1.62 bits per heavy atom. The predicted molar refractivity (Wildman–Crippen MR) is 122 cm³/mol. The Morgan fingerprint density at radius 1 is 0.941 bits per heavy atom. The summed E-state index contributed by atoms with van der Waals surface area (Å²) in [6.07, 6.45) is 0. The second kappa shape index (κ2) is 8.62. The molecule has 170 valence electrons. The third kappa shape index (κ3) is 3.79. The van der Waals surface area contributed by atoms with E-state index in [9.17, 15) is 34.7 Å². The van der Waals surface area contributed by atoms with Crippen LogP contribution < -0.4 is 4.90 Å². The van der Waals surface area contributed by atoms with Crippen molar-refractivity contribution in [1.82, 2.24) is 0 Å². The second-order valence-electron chi connectivity index (χ2n) is 7.71. The lowest BCUT2D eigenvalue weighted by Gasteiger charge is -2.25. The number of ketones is 1. The molecule has 2 N–H and O–H groups in total. The van der Waals surface area contributed by atoms with Crippen LogP contribution in [0, 0.1) is 17.0 Å². The van der Waals surface area contributed by atoms with Gasteiger partial charge < -0.3 is 10.2 Å². The largest absolute Gasteiger partial charge is 0.507 e. The molecule has 0 aliphatic carbocycles. The first-order valence-electron chi connectivity index (χ1n) is 10.2. The van der Waals surface area contributed by atoms with Crippen LogP contribution in [0.25, 0.3) is 5.76 Å². The van der Waals surface area contributed by atoms with Crippen molar-refractivity contribution in [3.8, 4) is 0 Å². The third-order valence-corrected chi connectivity index (χ3v) is 5.57. The van der Waals surface area contributed by atoms with Crippen LogP contribution in [0.1, 0.15) is 33.1 Å². The third-order valence-electron chi connectivity index (χ3n) is 5.57. The number of nitrogens with zero attached hydrogens (tertiary/aromatic N) is 2. The van der Waals surface area contributed by atoms with E-state index in [1.54, 1.807) is 24.3 Å². The number of aromatic carboxylic acids is 1.